The van der Waals surface area contributed by atoms with Crippen LogP contribution in [0.4, 0.5) is 22.0 Å². The van der Waals surface area contributed by atoms with Gasteiger partial charge in [0.1, 0.15) is 17.2 Å². The van der Waals surface area contributed by atoms with Gasteiger partial charge in [0.25, 0.3) is 0 Å². The van der Waals surface area contributed by atoms with Gasteiger partial charge in [0.15, 0.2) is 5.69 Å². The minimum atomic E-state index is -4.76. The third kappa shape index (κ3) is 3.54. The summed E-state index contributed by atoms with van der Waals surface area (Å²) in [4.78, 5) is 11.9. The lowest BCUT2D eigenvalue weighted by atomic mass is 10.1. The number of alkyl halides is 3. The molecule has 124 valence electrons. The number of benzene rings is 1. The molecule has 0 amide bonds. The van der Waals surface area contributed by atoms with Gasteiger partial charge < -0.3 is 0 Å². The van der Waals surface area contributed by atoms with Gasteiger partial charge >= 0.3 is 6.18 Å². The van der Waals surface area contributed by atoms with Crippen LogP contribution in [0.15, 0.2) is 23.1 Å². The summed E-state index contributed by atoms with van der Waals surface area (Å²) in [6, 6.07) is 2.46. The van der Waals surface area contributed by atoms with Crippen LogP contribution in [-0.4, -0.2) is 14.9 Å². The van der Waals surface area contributed by atoms with E-state index in [-0.39, 0.29) is 28.8 Å². The van der Waals surface area contributed by atoms with Crippen molar-refractivity contribution in [3.05, 3.63) is 46.8 Å². The molecular formula is C14H11F5N2OS. The second kappa shape index (κ2) is 6.31. The first-order valence-electron chi connectivity index (χ1n) is 6.45. The largest absolute Gasteiger partial charge is 0.420 e. The highest BCUT2D eigenvalue weighted by Crippen LogP contribution is 2.37. The number of thioether (sulfide) groups is 1. The molecule has 0 N–H and O–H groups in total. The molecule has 2 rings (SSSR count). The summed E-state index contributed by atoms with van der Waals surface area (Å²) in [6.07, 6.45) is -4.73. The first-order chi connectivity index (χ1) is 10.6. The Morgan fingerprint density at radius 3 is 2.48 bits per heavy atom. The number of carbonyl (C=O) groups excluding carboxylic acids is 1. The Bertz CT molecular complexity index is 754. The summed E-state index contributed by atoms with van der Waals surface area (Å²) >= 11 is 0.238. The topological polar surface area (TPSA) is 34.9 Å². The van der Waals surface area contributed by atoms with Crippen LogP contribution in [0.5, 0.6) is 0 Å². The summed E-state index contributed by atoms with van der Waals surface area (Å²) in [5.41, 5.74) is -2.05. The van der Waals surface area contributed by atoms with Crippen LogP contribution >= 0.6 is 11.8 Å². The second-order valence-electron chi connectivity index (χ2n) is 4.61. The van der Waals surface area contributed by atoms with Crippen molar-refractivity contribution in [2.24, 2.45) is 7.05 Å². The lowest BCUT2D eigenvalue weighted by Crippen LogP contribution is -2.12. The Morgan fingerprint density at radius 1 is 1.30 bits per heavy atom. The molecule has 0 aliphatic carbocycles. The summed E-state index contributed by atoms with van der Waals surface area (Å²) in [7, 11) is 1.30. The summed E-state index contributed by atoms with van der Waals surface area (Å²) in [5, 5.41) is 2.56. The molecule has 0 radical (unpaired) electrons. The van der Waals surface area contributed by atoms with Gasteiger partial charge in [-0.1, -0.05) is 6.92 Å². The Balaban J connectivity index is 2.44. The van der Waals surface area contributed by atoms with Crippen LogP contribution in [0.3, 0.4) is 0 Å². The molecule has 0 fully saturated rings. The zero-order valence-corrected chi connectivity index (χ0v) is 12.9. The number of hydrogen-bond donors (Lipinski definition) is 0. The van der Waals surface area contributed by atoms with Gasteiger partial charge in [-0.3, -0.25) is 9.48 Å². The lowest BCUT2D eigenvalue weighted by molar-refractivity contribution is -0.138. The molecule has 0 aliphatic rings. The molecule has 23 heavy (non-hydrogen) atoms. The molecule has 0 spiro atoms. The predicted octanol–water partition coefficient (Wildman–Crippen LogP) is 4.21. The van der Waals surface area contributed by atoms with E-state index in [9.17, 15) is 26.7 Å². The van der Waals surface area contributed by atoms with Crippen LogP contribution in [-0.2, 0) is 19.6 Å². The van der Waals surface area contributed by atoms with Crippen molar-refractivity contribution in [1.82, 2.24) is 9.78 Å². The highest BCUT2D eigenvalue weighted by molar-refractivity contribution is 8.14. The van der Waals surface area contributed by atoms with Crippen LogP contribution < -0.4 is 0 Å². The van der Waals surface area contributed by atoms with E-state index in [1.807, 2.05) is 0 Å². The zero-order valence-electron chi connectivity index (χ0n) is 12.0. The van der Waals surface area contributed by atoms with E-state index in [4.69, 9.17) is 0 Å². The Kier molecular flexibility index (Phi) is 4.79. The van der Waals surface area contributed by atoms with E-state index in [1.165, 1.54) is 14.0 Å². The number of nitrogens with zero attached hydrogens (tertiary/aromatic N) is 2. The van der Waals surface area contributed by atoms with E-state index < -0.39 is 34.2 Å². The molecule has 1 heterocycles. The van der Waals surface area contributed by atoms with Gasteiger partial charge in [-0.05, 0) is 30.3 Å². The van der Waals surface area contributed by atoms with Crippen molar-refractivity contribution in [3.63, 3.8) is 0 Å². The van der Waals surface area contributed by atoms with Crippen molar-refractivity contribution >= 4 is 16.9 Å². The highest BCUT2D eigenvalue weighted by atomic mass is 32.2. The van der Waals surface area contributed by atoms with Crippen LogP contribution in [0.25, 0.3) is 0 Å². The Morgan fingerprint density at radius 2 is 1.96 bits per heavy atom. The molecule has 1 aromatic carbocycles. The van der Waals surface area contributed by atoms with Crippen molar-refractivity contribution in [3.8, 4) is 0 Å². The second-order valence-corrected chi connectivity index (χ2v) is 5.62. The molecule has 0 atom stereocenters. The lowest BCUT2D eigenvalue weighted by Gasteiger charge is -2.09. The highest BCUT2D eigenvalue weighted by Gasteiger charge is 2.41. The summed E-state index contributed by atoms with van der Waals surface area (Å²) < 4.78 is 67.0. The molecule has 0 aliphatic heterocycles. The van der Waals surface area contributed by atoms with Gasteiger partial charge in [0, 0.05) is 13.1 Å². The first-order valence-corrected chi connectivity index (χ1v) is 7.27. The molecular weight excluding hydrogens is 339 g/mol. The molecule has 9 heteroatoms. The Hall–Kier alpha value is -1.90. The summed E-state index contributed by atoms with van der Waals surface area (Å²) in [5.74, 6) is -1.87. The molecule has 3 nitrogen and oxygen atoms in total. The maximum atomic E-state index is 13.6. The molecule has 1 aromatic heterocycles. The molecule has 0 unspecified atom stereocenters. The van der Waals surface area contributed by atoms with Crippen molar-refractivity contribution < 1.29 is 26.7 Å². The standard InChI is InChI=1S/C14H11F5N2OS/c1-3-9-11(14(17,18)19)12(20-21(9)2)13(22)23-10-5-4-7(15)6-8(10)16/h4-6H,3H2,1-2H3. The fourth-order valence-corrected chi connectivity index (χ4v) is 2.84. The number of rotatable bonds is 3. The smallest absolute Gasteiger partial charge is 0.279 e. The monoisotopic (exact) mass is 350 g/mol. The molecule has 2 aromatic rings. The maximum absolute atomic E-state index is 13.6. The number of halogens is 5. The van der Waals surface area contributed by atoms with Crippen LogP contribution in [0.2, 0.25) is 0 Å². The van der Waals surface area contributed by atoms with Gasteiger partial charge in [0.2, 0.25) is 5.12 Å². The van der Waals surface area contributed by atoms with Gasteiger partial charge in [-0.2, -0.15) is 18.3 Å². The fraction of sp³-hybridized carbons (Fsp3) is 0.286. The normalized spacial score (nSPS) is 11.8. The quantitative estimate of drug-likeness (QED) is 0.614. The van der Waals surface area contributed by atoms with Crippen molar-refractivity contribution in [2.75, 3.05) is 0 Å². The van der Waals surface area contributed by atoms with E-state index in [1.54, 1.807) is 0 Å². The van der Waals surface area contributed by atoms with Crippen LogP contribution in [0, 0.1) is 11.6 Å². The number of aryl methyl sites for hydroxylation is 1. The number of aromatic nitrogens is 2. The minimum absolute atomic E-state index is 0.0290. The fourth-order valence-electron chi connectivity index (χ4n) is 2.11. The third-order valence-corrected chi connectivity index (χ3v) is 4.00. The van der Waals surface area contributed by atoms with E-state index in [0.717, 1.165) is 16.8 Å². The molecule has 0 saturated heterocycles. The maximum Gasteiger partial charge on any atom is 0.420 e. The summed E-state index contributed by atoms with van der Waals surface area (Å²) in [6.45, 7) is 1.51. The van der Waals surface area contributed by atoms with Crippen LogP contribution in [0.1, 0.15) is 28.7 Å². The third-order valence-electron chi connectivity index (χ3n) is 3.07. The zero-order chi connectivity index (χ0) is 17.4. The van der Waals surface area contributed by atoms with E-state index in [0.29, 0.717) is 6.07 Å². The SMILES string of the molecule is CCc1c(C(F)(F)F)c(C(=O)Sc2ccc(F)cc2F)nn1C. The number of hydrogen-bond acceptors (Lipinski definition) is 3. The number of carbonyl (C=O) groups is 1. The van der Waals surface area contributed by atoms with Gasteiger partial charge in [0.05, 0.1) is 10.6 Å². The van der Waals surface area contributed by atoms with Gasteiger partial charge in [-0.15, -0.1) is 0 Å². The van der Waals surface area contributed by atoms with Crippen molar-refractivity contribution in [1.29, 1.82) is 0 Å². The minimum Gasteiger partial charge on any atom is -0.279 e. The van der Waals surface area contributed by atoms with Gasteiger partial charge in [-0.25, -0.2) is 8.78 Å². The van der Waals surface area contributed by atoms with Crippen molar-refractivity contribution in [2.45, 2.75) is 24.4 Å². The molecule has 0 bridgehead atoms. The predicted molar refractivity (Wildman–Crippen MR) is 74.1 cm³/mol. The average Bonchev–Trinajstić information content (AvgIpc) is 2.78. The Labute approximate surface area is 132 Å². The first kappa shape index (κ1) is 17.5. The van der Waals surface area contributed by atoms with E-state index in [2.05, 4.69) is 5.10 Å². The average molecular weight is 350 g/mol. The molecule has 0 saturated carbocycles. The van der Waals surface area contributed by atoms with E-state index >= 15 is 0 Å².